The van der Waals surface area contributed by atoms with Gasteiger partial charge in [-0.05, 0) is 72.6 Å². The Kier molecular flexibility index (Phi) is 5.09. The normalized spacial score (nSPS) is 16.2. The highest BCUT2D eigenvalue weighted by Gasteiger charge is 2.29. The molecule has 1 fully saturated rings. The number of rotatable bonds is 4. The molecule has 0 bridgehead atoms. The van der Waals surface area contributed by atoms with Gasteiger partial charge in [0, 0.05) is 56.4 Å². The van der Waals surface area contributed by atoms with E-state index in [0.717, 1.165) is 60.2 Å². The largest absolute Gasteiger partial charge is 0.341 e. The molecule has 0 spiro atoms. The summed E-state index contributed by atoms with van der Waals surface area (Å²) in [5, 5.41) is 4.19. The number of fused-ring (bicyclic) bond motifs is 2. The molecule has 1 aliphatic heterocycles. The van der Waals surface area contributed by atoms with Crippen LogP contribution in [-0.4, -0.2) is 25.5 Å². The average Bonchev–Trinajstić information content (AvgIpc) is 3.34. The Hall–Kier alpha value is -3.42. The maximum atomic E-state index is 14.3. The van der Waals surface area contributed by atoms with Crippen molar-refractivity contribution in [3.8, 4) is 11.1 Å². The summed E-state index contributed by atoms with van der Waals surface area (Å²) < 4.78 is 33.6. The van der Waals surface area contributed by atoms with E-state index in [1.807, 2.05) is 19.2 Å². The topological polar surface area (TPSA) is 48.0 Å². The van der Waals surface area contributed by atoms with E-state index >= 15 is 0 Å². The van der Waals surface area contributed by atoms with Gasteiger partial charge in [-0.2, -0.15) is 5.10 Å². The van der Waals surface area contributed by atoms with E-state index < -0.39 is 6.43 Å². The second-order valence-corrected chi connectivity index (χ2v) is 9.96. The quantitative estimate of drug-likeness (QED) is 0.386. The van der Waals surface area contributed by atoms with E-state index in [2.05, 4.69) is 16.1 Å². The zero-order valence-corrected chi connectivity index (χ0v) is 20.3. The minimum atomic E-state index is -2.60. The van der Waals surface area contributed by atoms with Gasteiger partial charge in [0.1, 0.15) is 0 Å². The van der Waals surface area contributed by atoms with Gasteiger partial charge in [0.15, 0.2) is 0 Å². The Balaban J connectivity index is 1.54. The molecule has 35 heavy (non-hydrogen) atoms. The van der Waals surface area contributed by atoms with E-state index in [-0.39, 0.29) is 11.3 Å². The van der Waals surface area contributed by atoms with Crippen LogP contribution in [0.3, 0.4) is 0 Å². The summed E-state index contributed by atoms with van der Waals surface area (Å²) in [6.07, 6.45) is 6.01. The standard InChI is InChI=1S/C27H29F2N5O/c1-31-15-18(14-30-31)20-10-17-8-5-9-34(23(17)13-22(20)26(28)29)19-11-21(16-6-4-7-16)25-24(12-19)32(2)27(35)33(25)3/h10-16,26H,4-9H2,1-3H3. The molecular formula is C27H29F2N5O. The Morgan fingerprint density at radius 1 is 1.03 bits per heavy atom. The van der Waals surface area contributed by atoms with Gasteiger partial charge in [-0.1, -0.05) is 6.42 Å². The first-order valence-electron chi connectivity index (χ1n) is 12.2. The van der Waals surface area contributed by atoms with Gasteiger partial charge in [0.2, 0.25) is 0 Å². The summed E-state index contributed by atoms with van der Waals surface area (Å²) in [7, 11) is 5.42. The molecule has 2 aromatic carbocycles. The van der Waals surface area contributed by atoms with Crippen LogP contribution >= 0.6 is 0 Å². The molecule has 0 N–H and O–H groups in total. The first-order valence-corrected chi connectivity index (χ1v) is 12.2. The molecular weight excluding hydrogens is 448 g/mol. The Morgan fingerprint density at radius 2 is 1.83 bits per heavy atom. The second-order valence-electron chi connectivity index (χ2n) is 9.96. The van der Waals surface area contributed by atoms with Crippen LogP contribution in [0.4, 0.5) is 20.2 Å². The third-order valence-corrected chi connectivity index (χ3v) is 7.85. The van der Waals surface area contributed by atoms with Crippen molar-refractivity contribution in [2.45, 2.75) is 44.4 Å². The third-order valence-electron chi connectivity index (χ3n) is 7.85. The van der Waals surface area contributed by atoms with E-state index in [4.69, 9.17) is 0 Å². The summed E-state index contributed by atoms with van der Waals surface area (Å²) in [4.78, 5) is 14.9. The van der Waals surface area contributed by atoms with Gasteiger partial charge in [-0.15, -0.1) is 0 Å². The van der Waals surface area contributed by atoms with Crippen LogP contribution in [0.5, 0.6) is 0 Å². The molecule has 1 aliphatic carbocycles. The predicted molar refractivity (Wildman–Crippen MR) is 134 cm³/mol. The maximum absolute atomic E-state index is 14.3. The first-order chi connectivity index (χ1) is 16.8. The van der Waals surface area contributed by atoms with Crippen molar-refractivity contribution in [3.05, 3.63) is 63.8 Å². The second kappa shape index (κ2) is 8.07. The van der Waals surface area contributed by atoms with Crippen LogP contribution in [0, 0.1) is 0 Å². The van der Waals surface area contributed by atoms with Crippen LogP contribution in [0.2, 0.25) is 0 Å². The van der Waals surface area contributed by atoms with Gasteiger partial charge < -0.3 is 4.90 Å². The first kappa shape index (κ1) is 22.1. The van der Waals surface area contributed by atoms with Crippen LogP contribution in [0.25, 0.3) is 22.2 Å². The number of alkyl halides is 2. The Labute approximate surface area is 202 Å². The molecule has 0 saturated heterocycles. The lowest BCUT2D eigenvalue weighted by Crippen LogP contribution is -2.25. The minimum absolute atomic E-state index is 0.0241. The Morgan fingerprint density at radius 3 is 2.49 bits per heavy atom. The number of imidazole rings is 1. The van der Waals surface area contributed by atoms with Crippen LogP contribution in [0.1, 0.15) is 54.7 Å². The van der Waals surface area contributed by atoms with Crippen molar-refractivity contribution in [2.75, 3.05) is 11.4 Å². The molecule has 2 aliphatic rings. The van der Waals surface area contributed by atoms with E-state index in [9.17, 15) is 13.6 Å². The van der Waals surface area contributed by atoms with Crippen molar-refractivity contribution in [2.24, 2.45) is 21.1 Å². The van der Waals surface area contributed by atoms with Gasteiger partial charge in [-0.3, -0.25) is 13.8 Å². The molecule has 2 aromatic heterocycles. The smallest absolute Gasteiger partial charge is 0.328 e. The van der Waals surface area contributed by atoms with Crippen LogP contribution in [0.15, 0.2) is 41.5 Å². The molecule has 6 nitrogen and oxygen atoms in total. The molecule has 1 saturated carbocycles. The zero-order valence-electron chi connectivity index (χ0n) is 20.3. The molecule has 0 unspecified atom stereocenters. The molecule has 3 heterocycles. The van der Waals surface area contributed by atoms with Gasteiger partial charge in [-0.25, -0.2) is 13.6 Å². The number of hydrogen-bond donors (Lipinski definition) is 0. The van der Waals surface area contributed by atoms with Crippen molar-refractivity contribution in [1.29, 1.82) is 0 Å². The van der Waals surface area contributed by atoms with E-state index in [1.165, 1.54) is 12.0 Å². The lowest BCUT2D eigenvalue weighted by molar-refractivity contribution is 0.152. The highest BCUT2D eigenvalue weighted by atomic mass is 19.3. The summed E-state index contributed by atoms with van der Waals surface area (Å²) in [6, 6.07) is 7.82. The maximum Gasteiger partial charge on any atom is 0.328 e. The van der Waals surface area contributed by atoms with E-state index in [0.29, 0.717) is 17.0 Å². The summed E-state index contributed by atoms with van der Waals surface area (Å²) in [5.41, 5.74) is 7.17. The molecule has 8 heteroatoms. The average molecular weight is 478 g/mol. The van der Waals surface area contributed by atoms with Crippen molar-refractivity contribution in [1.82, 2.24) is 18.9 Å². The fourth-order valence-corrected chi connectivity index (χ4v) is 5.76. The van der Waals surface area contributed by atoms with Crippen molar-refractivity contribution < 1.29 is 8.78 Å². The summed E-state index contributed by atoms with van der Waals surface area (Å²) >= 11 is 0. The fraction of sp³-hybridized carbons (Fsp3) is 0.407. The van der Waals surface area contributed by atoms with Crippen LogP contribution < -0.4 is 10.6 Å². The monoisotopic (exact) mass is 477 g/mol. The number of halogens is 2. The number of aryl methyl sites for hydroxylation is 4. The number of aromatic nitrogens is 4. The minimum Gasteiger partial charge on any atom is -0.341 e. The Bertz CT molecular complexity index is 1510. The third kappa shape index (κ3) is 3.41. The van der Waals surface area contributed by atoms with Crippen molar-refractivity contribution in [3.63, 3.8) is 0 Å². The molecule has 6 rings (SSSR count). The molecule has 0 radical (unpaired) electrons. The molecule has 182 valence electrons. The van der Waals surface area contributed by atoms with Gasteiger partial charge in [0.05, 0.1) is 17.2 Å². The SMILES string of the molecule is Cn1cc(-c2cc3c(cc2C(F)F)N(c2cc(C4CCC4)c4c(c2)n(C)c(=O)n4C)CCC3)cn1. The van der Waals surface area contributed by atoms with Gasteiger partial charge in [0.25, 0.3) is 6.43 Å². The predicted octanol–water partition coefficient (Wildman–Crippen LogP) is 5.57. The lowest BCUT2D eigenvalue weighted by Gasteiger charge is -2.34. The number of anilines is 2. The number of nitrogens with zero attached hydrogens (tertiary/aromatic N) is 5. The van der Waals surface area contributed by atoms with Gasteiger partial charge >= 0.3 is 5.69 Å². The lowest BCUT2D eigenvalue weighted by atomic mass is 9.79. The fourth-order valence-electron chi connectivity index (χ4n) is 5.76. The zero-order chi connectivity index (χ0) is 24.4. The van der Waals surface area contributed by atoms with Crippen molar-refractivity contribution >= 4 is 22.4 Å². The molecule has 0 amide bonds. The number of benzene rings is 2. The summed E-state index contributed by atoms with van der Waals surface area (Å²) in [5.74, 6) is 0.430. The molecule has 0 atom stereocenters. The highest BCUT2D eigenvalue weighted by molar-refractivity contribution is 5.87. The number of hydrogen-bond acceptors (Lipinski definition) is 3. The highest BCUT2D eigenvalue weighted by Crippen LogP contribution is 2.45. The van der Waals surface area contributed by atoms with Crippen LogP contribution in [-0.2, 0) is 27.6 Å². The molecule has 4 aromatic rings. The summed E-state index contributed by atoms with van der Waals surface area (Å²) in [6.45, 7) is 0.748. The van der Waals surface area contributed by atoms with E-state index in [1.54, 1.807) is 46.4 Å².